The van der Waals surface area contributed by atoms with Crippen molar-refractivity contribution >= 4 is 49.3 Å². The van der Waals surface area contributed by atoms with E-state index in [0.29, 0.717) is 48.0 Å². The van der Waals surface area contributed by atoms with Gasteiger partial charge >= 0.3 is 25.7 Å². The average Bonchev–Trinajstić information content (AvgIpc) is 3.09. The molecule has 0 fully saturated rings. The lowest BCUT2D eigenvalue weighted by Crippen LogP contribution is -2.38. The Kier molecular flexibility index (Phi) is 34.2. The van der Waals surface area contributed by atoms with Crippen LogP contribution in [0.15, 0.2) is 59.7 Å². The van der Waals surface area contributed by atoms with Gasteiger partial charge in [-0.2, -0.15) is 23.5 Å². The third kappa shape index (κ3) is 45.5. The molecule has 346 valence electrons. The molecule has 0 heterocycles. The van der Waals surface area contributed by atoms with E-state index in [4.69, 9.17) is 25.7 Å². The first kappa shape index (κ1) is 62.3. The van der Waals surface area contributed by atoms with Gasteiger partial charge in [-0.15, -0.1) is 0 Å². The molecular formula is C37H72N5O14PS2. The van der Waals surface area contributed by atoms with Gasteiger partial charge in [0, 0.05) is 28.1 Å². The van der Waals surface area contributed by atoms with E-state index in [1.807, 2.05) is 0 Å². The molecule has 22 heteroatoms. The third-order valence-corrected chi connectivity index (χ3v) is 7.85. The van der Waals surface area contributed by atoms with E-state index in [2.05, 4.69) is 102 Å². The molecule has 0 rings (SSSR count). The summed E-state index contributed by atoms with van der Waals surface area (Å²) in [5, 5.41) is 22.6. The number of hydrogen-bond donors (Lipinski definition) is 2. The highest BCUT2D eigenvalue weighted by Crippen LogP contribution is 2.39. The van der Waals surface area contributed by atoms with Gasteiger partial charge in [-0.25, -0.2) is 23.7 Å². The number of nitrogens with zero attached hydrogens (tertiary/aromatic N) is 3. The quantitative estimate of drug-likeness (QED) is 0.0202. The fourth-order valence-corrected chi connectivity index (χ4v) is 3.70. The fraction of sp³-hybridized carbons (Fsp3) is 0.649. The van der Waals surface area contributed by atoms with Gasteiger partial charge in [-0.1, -0.05) is 19.7 Å². The summed E-state index contributed by atoms with van der Waals surface area (Å²) in [5.41, 5.74) is 11.6. The minimum atomic E-state index is -5.22. The molecule has 0 amide bonds. The summed E-state index contributed by atoms with van der Waals surface area (Å²) >= 11 is 2.85. The van der Waals surface area contributed by atoms with Crippen LogP contribution in [0.1, 0.15) is 33.6 Å². The molecule has 0 saturated heterocycles. The number of esters is 3. The Balaban J connectivity index is -0.000000361. The van der Waals surface area contributed by atoms with Crippen molar-refractivity contribution < 1.29 is 80.8 Å². The molecule has 19 nitrogen and oxygen atoms in total. The molecule has 0 atom stereocenters. The number of likely N-dealkylation sites (N-methyl/N-ethyl adjacent to an activating group) is 3. The number of ether oxygens (including phenoxy) is 3. The molecule has 0 unspecified atom stereocenters. The monoisotopic (exact) mass is 905 g/mol. The van der Waals surface area contributed by atoms with Crippen LogP contribution in [0.25, 0.3) is 0 Å². The molecule has 0 aromatic heterocycles. The van der Waals surface area contributed by atoms with Crippen molar-refractivity contribution in [3.63, 3.8) is 0 Å². The van der Waals surface area contributed by atoms with Crippen LogP contribution in [0.2, 0.25) is 0 Å². The maximum absolute atomic E-state index is 11.3. The maximum Gasteiger partial charge on any atom is 0.333 e. The molecule has 0 aliphatic carbocycles. The zero-order valence-corrected chi connectivity index (χ0v) is 40.2. The van der Waals surface area contributed by atoms with Gasteiger partial charge in [-0.05, 0) is 57.6 Å². The lowest BCUT2D eigenvalue weighted by molar-refractivity contribution is -0.870. The molecule has 0 saturated carbocycles. The molecule has 0 spiro atoms. The van der Waals surface area contributed by atoms with E-state index >= 15 is 0 Å². The Morgan fingerprint density at radius 1 is 0.576 bits per heavy atom. The molecule has 0 radical (unpaired) electrons. The van der Waals surface area contributed by atoms with E-state index in [-0.39, 0.29) is 42.1 Å². The van der Waals surface area contributed by atoms with Crippen LogP contribution in [0.5, 0.6) is 0 Å². The summed E-state index contributed by atoms with van der Waals surface area (Å²) in [6.07, 6.45) is 3.96. The lowest BCUT2D eigenvalue weighted by Gasteiger charge is -2.29. The SMILES string of the molecule is C=C(C)C(=O)OCC[N+](C)(C)C.C=C(C)C(=O)OCC[N+](C)(C)C.C=C(C)C(=O)OCC[N+](C)(C)C.CSCC/C(N)=C(\[O-])OOP(=O)([O-])OO/C([O-])=C(\N)CCSC. The number of carbonyl (C=O) groups excluding carboxylic acids is 3. The van der Waals surface area contributed by atoms with Crippen molar-refractivity contribution in [2.75, 3.05) is 127 Å². The minimum absolute atomic E-state index is 0.184. The topological polar surface area (TPSA) is 254 Å². The van der Waals surface area contributed by atoms with Gasteiger partial charge in [0.15, 0.2) is 0 Å². The predicted molar refractivity (Wildman–Crippen MR) is 226 cm³/mol. The summed E-state index contributed by atoms with van der Waals surface area (Å²) < 4.78 is 36.0. The van der Waals surface area contributed by atoms with Crippen molar-refractivity contribution in [3.8, 4) is 0 Å². The number of thioether (sulfide) groups is 2. The molecule has 0 aromatic carbocycles. The van der Waals surface area contributed by atoms with Gasteiger partial charge < -0.3 is 64.0 Å². The van der Waals surface area contributed by atoms with Crippen LogP contribution >= 0.6 is 31.3 Å². The smallest absolute Gasteiger partial charge is 0.333 e. The Hall–Kier alpha value is -3.40. The molecule has 0 aliphatic heterocycles. The molecule has 0 bridgehead atoms. The number of carbonyl (C=O) groups is 3. The Morgan fingerprint density at radius 3 is 1.00 bits per heavy atom. The second-order valence-corrected chi connectivity index (χ2v) is 18.8. The van der Waals surface area contributed by atoms with E-state index in [1.165, 1.54) is 23.5 Å². The van der Waals surface area contributed by atoms with Crippen molar-refractivity contribution in [1.29, 1.82) is 0 Å². The first-order valence-electron chi connectivity index (χ1n) is 17.9. The number of rotatable bonds is 24. The first-order chi connectivity index (χ1) is 26.7. The largest absolute Gasteiger partial charge is 0.754 e. The van der Waals surface area contributed by atoms with Crippen LogP contribution in [0.4, 0.5) is 0 Å². The first-order valence-corrected chi connectivity index (χ1v) is 22.2. The van der Waals surface area contributed by atoms with Gasteiger partial charge in [0.05, 0.1) is 75.3 Å². The van der Waals surface area contributed by atoms with Crippen molar-refractivity contribution in [2.24, 2.45) is 11.5 Å². The second kappa shape index (κ2) is 32.4. The maximum atomic E-state index is 11.3. The number of phosphoric acid groups is 1. The van der Waals surface area contributed by atoms with Gasteiger partial charge in [0.1, 0.15) is 39.5 Å². The van der Waals surface area contributed by atoms with Crippen LogP contribution in [-0.4, -0.2) is 158 Å². The van der Waals surface area contributed by atoms with E-state index in [1.54, 1.807) is 33.3 Å². The lowest BCUT2D eigenvalue weighted by atomic mass is 10.4. The van der Waals surface area contributed by atoms with E-state index in [0.717, 1.165) is 33.1 Å². The normalized spacial score (nSPS) is 12.2. The van der Waals surface area contributed by atoms with E-state index < -0.39 is 19.7 Å². The highest BCUT2D eigenvalue weighted by molar-refractivity contribution is 7.98. The third-order valence-electron chi connectivity index (χ3n) is 6.12. The average molecular weight is 906 g/mol. The number of allylic oxidation sites excluding steroid dienone is 2. The van der Waals surface area contributed by atoms with Gasteiger partial charge in [-0.3, -0.25) is 4.57 Å². The summed E-state index contributed by atoms with van der Waals surface area (Å²) in [4.78, 5) is 51.9. The predicted octanol–water partition coefficient (Wildman–Crippen LogP) is 1.27. The van der Waals surface area contributed by atoms with Crippen LogP contribution < -0.4 is 26.6 Å². The minimum Gasteiger partial charge on any atom is -0.754 e. The second-order valence-electron chi connectivity index (χ2n) is 15.7. The van der Waals surface area contributed by atoms with Gasteiger partial charge in [0.2, 0.25) is 0 Å². The zero-order chi connectivity index (χ0) is 47.2. The number of hydrogen-bond acceptors (Lipinski definition) is 18. The molecular weight excluding hydrogens is 834 g/mol. The summed E-state index contributed by atoms with van der Waals surface area (Å²) in [6.45, 7) is 19.2. The van der Waals surface area contributed by atoms with Crippen LogP contribution in [-0.2, 0) is 52.3 Å². The molecule has 0 aromatic rings. The molecule has 0 aliphatic rings. The van der Waals surface area contributed by atoms with Crippen molar-refractivity contribution in [1.82, 2.24) is 0 Å². The van der Waals surface area contributed by atoms with Crippen LogP contribution in [0.3, 0.4) is 0 Å². The number of nitrogens with two attached hydrogens (primary N) is 2. The van der Waals surface area contributed by atoms with Crippen molar-refractivity contribution in [2.45, 2.75) is 33.6 Å². The summed E-state index contributed by atoms with van der Waals surface area (Å²) in [7, 11) is 13.2. The van der Waals surface area contributed by atoms with Crippen LogP contribution in [0, 0.1) is 0 Å². The zero-order valence-electron chi connectivity index (χ0n) is 37.7. The highest BCUT2D eigenvalue weighted by Gasteiger charge is 2.12. The summed E-state index contributed by atoms with van der Waals surface area (Å²) in [6, 6.07) is 0. The van der Waals surface area contributed by atoms with Gasteiger partial charge in [0.25, 0.3) is 0 Å². The fourth-order valence-electron chi connectivity index (χ4n) is 2.51. The Bertz CT molecular complexity index is 1290. The molecule has 59 heavy (non-hydrogen) atoms. The highest BCUT2D eigenvalue weighted by atomic mass is 32.2. The van der Waals surface area contributed by atoms with E-state index in [9.17, 15) is 34.1 Å². The molecule has 4 N–H and O–H groups in total. The Morgan fingerprint density at radius 2 is 0.814 bits per heavy atom. The number of quaternary nitrogens is 3. The standard InChI is InChI=1S/C10H21N2O8PS2.3C9H18NO2/c1-22-5-3-7(11)9(13)17-19-21(15,16)20-18-10(14)8(12)4-6-23-2;3*1-8(2)9(11)12-7-6-10(3,4)5/h13-14H,3-6,11-12H2,1-2H3,(H,15,16);3*1,6-7H2,2-5H3/q;3*+1/p-3/b9-7-,10-8-;;;. The summed E-state index contributed by atoms with van der Waals surface area (Å²) in [5.74, 6) is -2.20. The van der Waals surface area contributed by atoms with Crippen molar-refractivity contribution in [3.05, 3.63) is 59.7 Å². The Labute approximate surface area is 360 Å².